The van der Waals surface area contributed by atoms with Gasteiger partial charge in [-0.05, 0) is 13.3 Å². The van der Waals surface area contributed by atoms with Crippen LogP contribution in [0.5, 0.6) is 0 Å². The van der Waals surface area contributed by atoms with Crippen LogP contribution >= 0.6 is 12.6 Å². The molecule has 1 saturated heterocycles. The Morgan fingerprint density at radius 2 is 2.08 bits per heavy atom. The lowest BCUT2D eigenvalue weighted by molar-refractivity contribution is -0.128. The molecule has 1 N–H and O–H groups in total. The average molecular weight is 202 g/mol. The number of rotatable bonds is 3. The Bertz CT molecular complexity index is 244. The number of nitrogens with zero attached hydrogens (tertiary/aromatic N) is 1. The highest BCUT2D eigenvalue weighted by atomic mass is 32.1. The second-order valence-corrected chi connectivity index (χ2v) is 3.85. The van der Waals surface area contributed by atoms with E-state index in [1.807, 2.05) is 6.92 Å². The maximum absolute atomic E-state index is 11.6. The first-order chi connectivity index (χ1) is 6.05. The molecule has 1 heterocycles. The minimum atomic E-state index is -0.970. The van der Waals surface area contributed by atoms with Crippen molar-refractivity contribution < 1.29 is 9.59 Å². The largest absolute Gasteiger partial charge is 0.325 e. The Kier molecular flexibility index (Phi) is 2.85. The van der Waals surface area contributed by atoms with E-state index in [9.17, 15) is 9.59 Å². The molecule has 0 radical (unpaired) electrons. The summed E-state index contributed by atoms with van der Waals surface area (Å²) in [5.41, 5.74) is 0. The highest BCUT2D eigenvalue weighted by Crippen LogP contribution is 2.26. The van der Waals surface area contributed by atoms with E-state index in [4.69, 9.17) is 0 Å². The molecule has 74 valence electrons. The Morgan fingerprint density at radius 3 is 2.46 bits per heavy atom. The van der Waals surface area contributed by atoms with Crippen molar-refractivity contribution in [1.82, 2.24) is 10.2 Å². The molecule has 5 heteroatoms. The summed E-state index contributed by atoms with van der Waals surface area (Å²) >= 11 is 4.21. The zero-order chi connectivity index (χ0) is 10.1. The van der Waals surface area contributed by atoms with E-state index in [1.54, 1.807) is 6.92 Å². The summed E-state index contributed by atoms with van der Waals surface area (Å²) in [5, 5.41) is 2.58. The predicted octanol–water partition coefficient (Wildman–Crippen LogP) is 0.984. The van der Waals surface area contributed by atoms with E-state index in [-0.39, 0.29) is 11.9 Å². The number of urea groups is 1. The van der Waals surface area contributed by atoms with Gasteiger partial charge in [-0.1, -0.05) is 13.3 Å². The molecule has 0 aromatic rings. The van der Waals surface area contributed by atoms with Crippen LogP contribution in [0, 0.1) is 0 Å². The van der Waals surface area contributed by atoms with Gasteiger partial charge >= 0.3 is 6.03 Å². The number of hydrogen-bond acceptors (Lipinski definition) is 3. The molecule has 1 aliphatic rings. The maximum atomic E-state index is 11.6. The van der Waals surface area contributed by atoms with Crippen molar-refractivity contribution in [3.63, 3.8) is 0 Å². The minimum Gasteiger partial charge on any atom is -0.315 e. The minimum absolute atomic E-state index is 0.231. The van der Waals surface area contributed by atoms with Crippen molar-refractivity contribution in [3.05, 3.63) is 0 Å². The van der Waals surface area contributed by atoms with Crippen molar-refractivity contribution in [1.29, 1.82) is 0 Å². The van der Waals surface area contributed by atoms with Gasteiger partial charge < -0.3 is 5.32 Å². The summed E-state index contributed by atoms with van der Waals surface area (Å²) in [5.74, 6) is -0.231. The van der Waals surface area contributed by atoms with Gasteiger partial charge in [0.25, 0.3) is 5.91 Å². The van der Waals surface area contributed by atoms with Crippen LogP contribution in [0.4, 0.5) is 4.79 Å². The zero-order valence-corrected chi connectivity index (χ0v) is 8.73. The average Bonchev–Trinajstić information content (AvgIpc) is 2.24. The van der Waals surface area contributed by atoms with Crippen molar-refractivity contribution in [2.45, 2.75) is 31.6 Å². The Hall–Kier alpha value is -0.710. The highest BCUT2D eigenvalue weighted by Gasteiger charge is 2.47. The molecule has 0 aromatic heterocycles. The number of hydrogen-bond donors (Lipinski definition) is 2. The molecule has 0 bridgehead atoms. The van der Waals surface area contributed by atoms with Crippen LogP contribution in [0.1, 0.15) is 26.7 Å². The van der Waals surface area contributed by atoms with E-state index in [1.165, 1.54) is 4.90 Å². The maximum Gasteiger partial charge on any atom is 0.325 e. The lowest BCUT2D eigenvalue weighted by Gasteiger charge is -2.18. The number of likely N-dealkylation sites (N-methyl/N-ethyl adjacent to an activating group) is 1. The number of imide groups is 1. The third-order valence-electron chi connectivity index (χ3n) is 2.09. The molecule has 1 rings (SSSR count). The molecule has 0 aromatic carbocycles. The third kappa shape index (κ3) is 1.65. The molecule has 3 amide bonds. The Balaban J connectivity index is 2.83. The second kappa shape index (κ2) is 3.57. The molecule has 0 saturated carbocycles. The highest BCUT2D eigenvalue weighted by molar-refractivity contribution is 7.82. The van der Waals surface area contributed by atoms with Gasteiger partial charge in [0.15, 0.2) is 4.87 Å². The van der Waals surface area contributed by atoms with Gasteiger partial charge in [0.05, 0.1) is 0 Å². The van der Waals surface area contributed by atoms with Crippen molar-refractivity contribution >= 4 is 24.6 Å². The SMILES string of the molecule is CCCC1(S)NC(=O)N(CC)C1=O. The van der Waals surface area contributed by atoms with Gasteiger partial charge in [0.1, 0.15) is 0 Å². The first-order valence-corrected chi connectivity index (χ1v) is 4.86. The Labute approximate surface area is 83.1 Å². The topological polar surface area (TPSA) is 49.4 Å². The normalized spacial score (nSPS) is 28.1. The zero-order valence-electron chi connectivity index (χ0n) is 7.83. The molecule has 13 heavy (non-hydrogen) atoms. The van der Waals surface area contributed by atoms with Gasteiger partial charge in [0.2, 0.25) is 0 Å². The lowest BCUT2D eigenvalue weighted by Crippen LogP contribution is -2.41. The van der Waals surface area contributed by atoms with E-state index in [0.717, 1.165) is 6.42 Å². The predicted molar refractivity (Wildman–Crippen MR) is 52.5 cm³/mol. The number of nitrogens with one attached hydrogen (secondary N) is 1. The fourth-order valence-corrected chi connectivity index (χ4v) is 1.87. The van der Waals surface area contributed by atoms with E-state index in [0.29, 0.717) is 13.0 Å². The number of carbonyl (C=O) groups excluding carboxylic acids is 2. The van der Waals surface area contributed by atoms with Crippen LogP contribution in [-0.2, 0) is 4.79 Å². The quantitative estimate of drug-likeness (QED) is 0.529. The Morgan fingerprint density at radius 1 is 1.46 bits per heavy atom. The molecule has 1 aliphatic heterocycles. The monoisotopic (exact) mass is 202 g/mol. The number of amides is 3. The summed E-state index contributed by atoms with van der Waals surface area (Å²) in [6, 6.07) is -0.337. The summed E-state index contributed by atoms with van der Waals surface area (Å²) in [7, 11) is 0. The van der Waals surface area contributed by atoms with Crippen molar-refractivity contribution in [2.24, 2.45) is 0 Å². The smallest absolute Gasteiger partial charge is 0.315 e. The summed E-state index contributed by atoms with van der Waals surface area (Å²) in [6.45, 7) is 4.12. The summed E-state index contributed by atoms with van der Waals surface area (Å²) < 4.78 is 0. The molecule has 1 atom stereocenters. The molecular formula is C8H14N2O2S. The van der Waals surface area contributed by atoms with Crippen molar-refractivity contribution in [2.75, 3.05) is 6.54 Å². The summed E-state index contributed by atoms with van der Waals surface area (Å²) in [6.07, 6.45) is 1.38. The van der Waals surface area contributed by atoms with Gasteiger partial charge in [-0.25, -0.2) is 4.79 Å². The van der Waals surface area contributed by atoms with Crippen molar-refractivity contribution in [3.8, 4) is 0 Å². The van der Waals surface area contributed by atoms with Gasteiger partial charge in [0, 0.05) is 6.54 Å². The van der Waals surface area contributed by atoms with Gasteiger partial charge in [-0.2, -0.15) is 0 Å². The van der Waals surface area contributed by atoms with Crippen LogP contribution in [0.15, 0.2) is 0 Å². The van der Waals surface area contributed by atoms with Crippen LogP contribution < -0.4 is 5.32 Å². The van der Waals surface area contributed by atoms with Crippen LogP contribution in [0.3, 0.4) is 0 Å². The number of thiol groups is 1. The second-order valence-electron chi connectivity index (χ2n) is 3.09. The van der Waals surface area contributed by atoms with Crippen LogP contribution in [0.2, 0.25) is 0 Å². The van der Waals surface area contributed by atoms with E-state index in [2.05, 4.69) is 17.9 Å². The first-order valence-electron chi connectivity index (χ1n) is 4.41. The third-order valence-corrected chi connectivity index (χ3v) is 2.61. The molecule has 4 nitrogen and oxygen atoms in total. The number of carbonyl (C=O) groups is 2. The van der Waals surface area contributed by atoms with Crippen LogP contribution in [-0.4, -0.2) is 28.3 Å². The fraction of sp³-hybridized carbons (Fsp3) is 0.750. The molecule has 1 fully saturated rings. The van der Waals surface area contributed by atoms with Crippen LogP contribution in [0.25, 0.3) is 0 Å². The van der Waals surface area contributed by atoms with E-state index < -0.39 is 4.87 Å². The lowest BCUT2D eigenvalue weighted by atomic mass is 10.1. The fourth-order valence-electron chi connectivity index (χ4n) is 1.43. The molecular weight excluding hydrogens is 188 g/mol. The molecule has 0 aliphatic carbocycles. The standard InChI is InChI=1S/C8H14N2O2S/c1-3-5-8(13)6(11)10(4-2)7(12)9-8/h13H,3-5H2,1-2H3,(H,9,12). The van der Waals surface area contributed by atoms with Gasteiger partial charge in [-0.3, -0.25) is 9.69 Å². The van der Waals surface area contributed by atoms with E-state index >= 15 is 0 Å². The first kappa shape index (κ1) is 10.4. The molecule has 0 spiro atoms. The molecule has 1 unspecified atom stereocenters. The summed E-state index contributed by atoms with van der Waals surface area (Å²) in [4.78, 5) is 23.1. The van der Waals surface area contributed by atoms with Gasteiger partial charge in [-0.15, -0.1) is 12.6 Å².